The minimum Gasteiger partial charge on any atom is -0.383 e. The van der Waals surface area contributed by atoms with Crippen molar-refractivity contribution in [3.05, 3.63) is 23.0 Å². The standard InChI is InChI=1S/C16H23N7OS/c1-3-4-7-25-16-19-12(17)8-13(20-16)23-6-5-11-10(9-23)14(15(18)24)21-22(11)2/h8H,3-7,9H2,1-2H3,(H2,18,24)(H2,17,19,20). The summed E-state index contributed by atoms with van der Waals surface area (Å²) >= 11 is 1.62. The number of nitrogen functional groups attached to an aromatic ring is 1. The average Bonchev–Trinajstić information content (AvgIpc) is 2.91. The SMILES string of the molecule is CCCCSc1nc(N)cc(N2CCc3c(c(C(N)=O)nn3C)C2)n1. The largest absolute Gasteiger partial charge is 0.383 e. The second kappa shape index (κ2) is 7.30. The van der Waals surface area contributed by atoms with Crippen molar-refractivity contribution in [1.82, 2.24) is 19.7 Å². The molecule has 3 rings (SSSR count). The number of nitrogens with zero attached hydrogens (tertiary/aromatic N) is 5. The van der Waals surface area contributed by atoms with E-state index in [-0.39, 0.29) is 0 Å². The van der Waals surface area contributed by atoms with Crippen molar-refractivity contribution in [1.29, 1.82) is 0 Å². The van der Waals surface area contributed by atoms with E-state index >= 15 is 0 Å². The Hall–Kier alpha value is -2.29. The highest BCUT2D eigenvalue weighted by molar-refractivity contribution is 7.99. The Bertz CT molecular complexity index is 789. The minimum absolute atomic E-state index is 0.335. The highest BCUT2D eigenvalue weighted by atomic mass is 32.2. The molecule has 2 aromatic rings. The number of amides is 1. The molecule has 134 valence electrons. The molecule has 0 saturated heterocycles. The molecule has 1 aliphatic heterocycles. The molecule has 0 aliphatic carbocycles. The van der Waals surface area contributed by atoms with Gasteiger partial charge >= 0.3 is 0 Å². The zero-order chi connectivity index (χ0) is 18.0. The summed E-state index contributed by atoms with van der Waals surface area (Å²) in [6, 6.07) is 1.77. The molecule has 0 saturated carbocycles. The Morgan fingerprint density at radius 3 is 2.92 bits per heavy atom. The van der Waals surface area contributed by atoms with E-state index in [0.717, 1.165) is 48.6 Å². The topological polar surface area (TPSA) is 116 Å². The first kappa shape index (κ1) is 17.5. The molecule has 0 atom stereocenters. The van der Waals surface area contributed by atoms with Crippen molar-refractivity contribution < 1.29 is 4.79 Å². The lowest BCUT2D eigenvalue weighted by molar-refractivity contribution is 0.0994. The van der Waals surface area contributed by atoms with Crippen LogP contribution in [0.4, 0.5) is 11.6 Å². The number of fused-ring (bicyclic) bond motifs is 1. The van der Waals surface area contributed by atoms with Gasteiger partial charge in [0, 0.05) is 49.6 Å². The van der Waals surface area contributed by atoms with Crippen LogP contribution in [-0.4, -0.2) is 38.0 Å². The first-order valence-electron chi connectivity index (χ1n) is 8.36. The van der Waals surface area contributed by atoms with Gasteiger partial charge in [0.15, 0.2) is 10.9 Å². The van der Waals surface area contributed by atoms with Crippen molar-refractivity contribution in [2.45, 2.75) is 37.9 Å². The molecular weight excluding hydrogens is 338 g/mol. The average molecular weight is 361 g/mol. The van der Waals surface area contributed by atoms with Crippen LogP contribution in [0.25, 0.3) is 0 Å². The number of aryl methyl sites for hydroxylation is 1. The first-order chi connectivity index (χ1) is 12.0. The van der Waals surface area contributed by atoms with Gasteiger partial charge in [-0.1, -0.05) is 25.1 Å². The number of aromatic nitrogens is 4. The summed E-state index contributed by atoms with van der Waals surface area (Å²) in [5.41, 5.74) is 13.7. The molecule has 1 amide bonds. The number of hydrogen-bond donors (Lipinski definition) is 2. The Labute approximate surface area is 151 Å². The normalized spacial score (nSPS) is 13.8. The van der Waals surface area contributed by atoms with Gasteiger partial charge in [-0.25, -0.2) is 9.97 Å². The maximum Gasteiger partial charge on any atom is 0.269 e. The maximum absolute atomic E-state index is 11.7. The Kier molecular flexibility index (Phi) is 5.12. The molecule has 2 aromatic heterocycles. The number of anilines is 2. The third-order valence-electron chi connectivity index (χ3n) is 4.24. The molecule has 1 aliphatic rings. The highest BCUT2D eigenvalue weighted by Crippen LogP contribution is 2.27. The lowest BCUT2D eigenvalue weighted by Crippen LogP contribution is -2.32. The number of carbonyl (C=O) groups excluding carboxylic acids is 1. The van der Waals surface area contributed by atoms with E-state index in [1.807, 2.05) is 7.05 Å². The lowest BCUT2D eigenvalue weighted by Gasteiger charge is -2.28. The number of primary amides is 1. The first-order valence-corrected chi connectivity index (χ1v) is 9.35. The molecule has 0 aromatic carbocycles. The lowest BCUT2D eigenvalue weighted by atomic mass is 10.0. The predicted octanol–water partition coefficient (Wildman–Crippen LogP) is 1.35. The monoisotopic (exact) mass is 361 g/mol. The van der Waals surface area contributed by atoms with Crippen LogP contribution in [0.5, 0.6) is 0 Å². The number of hydrogen-bond acceptors (Lipinski definition) is 7. The molecular formula is C16H23N7OS. The Balaban J connectivity index is 1.85. The van der Waals surface area contributed by atoms with Crippen LogP contribution < -0.4 is 16.4 Å². The maximum atomic E-state index is 11.7. The van der Waals surface area contributed by atoms with Crippen LogP contribution in [0.3, 0.4) is 0 Å². The zero-order valence-corrected chi connectivity index (χ0v) is 15.3. The van der Waals surface area contributed by atoms with Crippen LogP contribution in [0.1, 0.15) is 41.5 Å². The Morgan fingerprint density at radius 1 is 1.40 bits per heavy atom. The van der Waals surface area contributed by atoms with Gasteiger partial charge in [0.05, 0.1) is 0 Å². The minimum atomic E-state index is -0.503. The van der Waals surface area contributed by atoms with Crippen LogP contribution in [-0.2, 0) is 20.0 Å². The third-order valence-corrected chi connectivity index (χ3v) is 5.17. The van der Waals surface area contributed by atoms with E-state index in [2.05, 4.69) is 26.9 Å². The van der Waals surface area contributed by atoms with E-state index < -0.39 is 5.91 Å². The number of thioether (sulfide) groups is 1. The van der Waals surface area contributed by atoms with Gasteiger partial charge in [-0.2, -0.15) is 5.10 Å². The summed E-state index contributed by atoms with van der Waals surface area (Å²) in [6.07, 6.45) is 3.02. The number of nitrogens with two attached hydrogens (primary N) is 2. The number of carbonyl (C=O) groups is 1. The fraction of sp³-hybridized carbons (Fsp3) is 0.500. The molecule has 9 heteroatoms. The van der Waals surface area contributed by atoms with Crippen molar-refractivity contribution >= 4 is 29.3 Å². The zero-order valence-electron chi connectivity index (χ0n) is 14.5. The second-order valence-electron chi connectivity index (χ2n) is 6.07. The van der Waals surface area contributed by atoms with Gasteiger partial charge < -0.3 is 16.4 Å². The molecule has 0 bridgehead atoms. The van der Waals surface area contributed by atoms with Gasteiger partial charge in [-0.15, -0.1) is 0 Å². The molecule has 25 heavy (non-hydrogen) atoms. The van der Waals surface area contributed by atoms with E-state index in [4.69, 9.17) is 11.5 Å². The number of unbranched alkanes of at least 4 members (excludes halogenated alkanes) is 1. The fourth-order valence-electron chi connectivity index (χ4n) is 2.95. The number of rotatable bonds is 6. The quantitative estimate of drug-likeness (QED) is 0.453. The van der Waals surface area contributed by atoms with Gasteiger partial charge in [-0.05, 0) is 6.42 Å². The van der Waals surface area contributed by atoms with Crippen molar-refractivity contribution in [2.24, 2.45) is 12.8 Å². The van der Waals surface area contributed by atoms with Gasteiger partial charge in [0.2, 0.25) is 0 Å². The van der Waals surface area contributed by atoms with Crippen molar-refractivity contribution in [3.8, 4) is 0 Å². The van der Waals surface area contributed by atoms with Crippen LogP contribution in [0.15, 0.2) is 11.2 Å². The summed E-state index contributed by atoms with van der Waals surface area (Å²) in [5, 5.41) is 4.95. The third kappa shape index (κ3) is 3.71. The van der Waals surface area contributed by atoms with Gasteiger partial charge in [-0.3, -0.25) is 9.48 Å². The molecule has 0 spiro atoms. The van der Waals surface area contributed by atoms with Crippen LogP contribution >= 0.6 is 11.8 Å². The van der Waals surface area contributed by atoms with Crippen molar-refractivity contribution in [2.75, 3.05) is 22.9 Å². The van der Waals surface area contributed by atoms with E-state index in [1.165, 1.54) is 0 Å². The molecule has 4 N–H and O–H groups in total. The summed E-state index contributed by atoms with van der Waals surface area (Å²) < 4.78 is 1.74. The molecule has 0 fully saturated rings. The highest BCUT2D eigenvalue weighted by Gasteiger charge is 2.27. The molecule has 0 radical (unpaired) electrons. The predicted molar refractivity (Wildman–Crippen MR) is 98.6 cm³/mol. The van der Waals surface area contributed by atoms with E-state index in [1.54, 1.807) is 22.5 Å². The van der Waals surface area contributed by atoms with E-state index in [9.17, 15) is 4.79 Å². The van der Waals surface area contributed by atoms with Gasteiger partial charge in [0.1, 0.15) is 11.6 Å². The van der Waals surface area contributed by atoms with Crippen molar-refractivity contribution in [3.63, 3.8) is 0 Å². The second-order valence-corrected chi connectivity index (χ2v) is 7.13. The Morgan fingerprint density at radius 2 is 2.20 bits per heavy atom. The summed E-state index contributed by atoms with van der Waals surface area (Å²) in [5.74, 6) is 1.70. The smallest absolute Gasteiger partial charge is 0.269 e. The molecule has 8 nitrogen and oxygen atoms in total. The van der Waals surface area contributed by atoms with Gasteiger partial charge in [0.25, 0.3) is 5.91 Å². The summed E-state index contributed by atoms with van der Waals surface area (Å²) in [4.78, 5) is 22.7. The molecule has 0 unspecified atom stereocenters. The summed E-state index contributed by atoms with van der Waals surface area (Å²) in [6.45, 7) is 3.47. The van der Waals surface area contributed by atoms with E-state index in [0.29, 0.717) is 23.2 Å². The fourth-order valence-corrected chi connectivity index (χ4v) is 3.89. The molecule has 3 heterocycles. The van der Waals surface area contributed by atoms with Crippen LogP contribution in [0, 0.1) is 0 Å². The summed E-state index contributed by atoms with van der Waals surface area (Å²) in [7, 11) is 1.84. The van der Waals surface area contributed by atoms with Crippen LogP contribution in [0.2, 0.25) is 0 Å².